The van der Waals surface area contributed by atoms with E-state index in [-0.39, 0.29) is 6.04 Å². The van der Waals surface area contributed by atoms with E-state index in [1.165, 1.54) is 11.3 Å². The third-order valence-corrected chi connectivity index (χ3v) is 3.27. The molecule has 0 aliphatic carbocycles. The van der Waals surface area contributed by atoms with Crippen LogP contribution in [-0.4, -0.2) is 11.7 Å². The molecule has 0 bridgehead atoms. The molecule has 1 N–H and O–H groups in total. The van der Waals surface area contributed by atoms with Crippen LogP contribution in [-0.2, 0) is 0 Å². The number of rotatable bonds is 4. The summed E-state index contributed by atoms with van der Waals surface area (Å²) >= 11 is 0. The van der Waals surface area contributed by atoms with Crippen LogP contribution in [0.25, 0.3) is 0 Å². The third kappa shape index (κ3) is 2.65. The van der Waals surface area contributed by atoms with Gasteiger partial charge in [0.1, 0.15) is 5.75 Å². The van der Waals surface area contributed by atoms with E-state index in [1.54, 1.807) is 12.1 Å². The van der Waals surface area contributed by atoms with Crippen molar-refractivity contribution in [3.05, 3.63) is 60.2 Å². The van der Waals surface area contributed by atoms with Gasteiger partial charge in [0.05, 0.1) is 6.04 Å². The van der Waals surface area contributed by atoms with Crippen molar-refractivity contribution in [3.8, 4) is 5.75 Å². The van der Waals surface area contributed by atoms with Crippen LogP contribution < -0.4 is 4.90 Å². The fourth-order valence-electron chi connectivity index (χ4n) is 2.23. The summed E-state index contributed by atoms with van der Waals surface area (Å²) in [6, 6.07) is 18.1. The Morgan fingerprint density at radius 2 is 1.61 bits per heavy atom. The lowest BCUT2D eigenvalue weighted by atomic mass is 10.1. The molecule has 94 valence electrons. The summed E-state index contributed by atoms with van der Waals surface area (Å²) in [6.45, 7) is 5.29. The predicted molar refractivity (Wildman–Crippen MR) is 76.0 cm³/mol. The summed E-state index contributed by atoms with van der Waals surface area (Å²) in [5.41, 5.74) is 2.43. The lowest BCUT2D eigenvalue weighted by Gasteiger charge is -2.30. The van der Waals surface area contributed by atoms with E-state index in [4.69, 9.17) is 0 Å². The Balaban J connectivity index is 2.25. The highest BCUT2D eigenvalue weighted by atomic mass is 16.3. The number of phenols is 1. The Kier molecular flexibility index (Phi) is 3.88. The van der Waals surface area contributed by atoms with Crippen molar-refractivity contribution in [2.75, 3.05) is 11.4 Å². The smallest absolute Gasteiger partial charge is 0.115 e. The fourth-order valence-corrected chi connectivity index (χ4v) is 2.23. The van der Waals surface area contributed by atoms with Gasteiger partial charge in [-0.2, -0.15) is 0 Å². The molecule has 0 amide bonds. The minimum Gasteiger partial charge on any atom is -0.508 e. The highest BCUT2D eigenvalue weighted by Crippen LogP contribution is 2.27. The minimum atomic E-state index is 0.290. The molecular weight excluding hydrogens is 222 g/mol. The van der Waals surface area contributed by atoms with Gasteiger partial charge >= 0.3 is 0 Å². The summed E-state index contributed by atoms with van der Waals surface area (Å²) in [4.78, 5) is 2.34. The molecule has 2 nitrogen and oxygen atoms in total. The van der Waals surface area contributed by atoms with Crippen molar-refractivity contribution in [3.63, 3.8) is 0 Å². The molecule has 2 rings (SSSR count). The van der Waals surface area contributed by atoms with E-state index in [0.717, 1.165) is 6.54 Å². The molecule has 0 aliphatic rings. The number of hydrogen-bond donors (Lipinski definition) is 1. The van der Waals surface area contributed by atoms with Crippen LogP contribution in [0.2, 0.25) is 0 Å². The zero-order valence-electron chi connectivity index (χ0n) is 10.9. The second-order valence-corrected chi connectivity index (χ2v) is 4.39. The molecule has 18 heavy (non-hydrogen) atoms. The van der Waals surface area contributed by atoms with E-state index >= 15 is 0 Å². The summed E-state index contributed by atoms with van der Waals surface area (Å²) in [5, 5.41) is 9.34. The molecule has 1 atom stereocenters. The van der Waals surface area contributed by atoms with Gasteiger partial charge in [-0.1, -0.05) is 30.3 Å². The van der Waals surface area contributed by atoms with Gasteiger partial charge in [0.25, 0.3) is 0 Å². The van der Waals surface area contributed by atoms with Gasteiger partial charge in [0.2, 0.25) is 0 Å². The molecule has 0 radical (unpaired) electrons. The molecule has 0 fully saturated rings. The van der Waals surface area contributed by atoms with Gasteiger partial charge in [0, 0.05) is 12.2 Å². The standard InChI is InChI=1S/C16H19NO/c1-3-17(15-7-5-4-6-8-15)13(2)14-9-11-16(18)12-10-14/h4-13,18H,3H2,1-2H3. The van der Waals surface area contributed by atoms with Crippen LogP contribution in [0.4, 0.5) is 5.69 Å². The number of aromatic hydroxyl groups is 1. The van der Waals surface area contributed by atoms with E-state index in [0.29, 0.717) is 5.75 Å². The topological polar surface area (TPSA) is 23.5 Å². The quantitative estimate of drug-likeness (QED) is 0.875. The molecule has 2 aromatic rings. The molecule has 1 unspecified atom stereocenters. The van der Waals surface area contributed by atoms with Gasteiger partial charge in [0.15, 0.2) is 0 Å². The summed E-state index contributed by atoms with van der Waals surface area (Å²) in [7, 11) is 0. The van der Waals surface area contributed by atoms with Crippen LogP contribution in [0.1, 0.15) is 25.5 Å². The zero-order valence-corrected chi connectivity index (χ0v) is 10.9. The average molecular weight is 241 g/mol. The fraction of sp³-hybridized carbons (Fsp3) is 0.250. The Morgan fingerprint density at radius 3 is 2.17 bits per heavy atom. The monoisotopic (exact) mass is 241 g/mol. The molecular formula is C16H19NO. The molecule has 0 saturated heterocycles. The van der Waals surface area contributed by atoms with Gasteiger partial charge < -0.3 is 10.0 Å². The van der Waals surface area contributed by atoms with Gasteiger partial charge in [-0.3, -0.25) is 0 Å². The van der Waals surface area contributed by atoms with Crippen LogP contribution in [0.15, 0.2) is 54.6 Å². The Hall–Kier alpha value is -1.96. The first-order valence-electron chi connectivity index (χ1n) is 6.33. The van der Waals surface area contributed by atoms with Crippen molar-refractivity contribution in [1.82, 2.24) is 0 Å². The third-order valence-electron chi connectivity index (χ3n) is 3.27. The first-order chi connectivity index (χ1) is 8.72. The average Bonchev–Trinajstić information content (AvgIpc) is 2.41. The lowest BCUT2D eigenvalue weighted by Crippen LogP contribution is -2.26. The second-order valence-electron chi connectivity index (χ2n) is 4.39. The maximum Gasteiger partial charge on any atom is 0.115 e. The highest BCUT2D eigenvalue weighted by molar-refractivity contribution is 5.48. The lowest BCUT2D eigenvalue weighted by molar-refractivity contribution is 0.475. The first kappa shape index (κ1) is 12.5. The van der Waals surface area contributed by atoms with Crippen molar-refractivity contribution in [2.24, 2.45) is 0 Å². The Labute approximate surface area is 109 Å². The first-order valence-corrected chi connectivity index (χ1v) is 6.33. The Bertz CT molecular complexity index is 478. The van der Waals surface area contributed by atoms with Crippen molar-refractivity contribution in [1.29, 1.82) is 0 Å². The van der Waals surface area contributed by atoms with Gasteiger partial charge in [-0.05, 0) is 43.7 Å². The second kappa shape index (κ2) is 5.58. The number of hydrogen-bond acceptors (Lipinski definition) is 2. The van der Waals surface area contributed by atoms with E-state index in [1.807, 2.05) is 18.2 Å². The molecule has 0 aliphatic heterocycles. The van der Waals surface area contributed by atoms with Crippen molar-refractivity contribution < 1.29 is 5.11 Å². The summed E-state index contributed by atoms with van der Waals surface area (Å²) in [6.07, 6.45) is 0. The normalized spacial score (nSPS) is 12.1. The maximum absolute atomic E-state index is 9.34. The minimum absolute atomic E-state index is 0.290. The molecule has 2 aromatic carbocycles. The number of benzene rings is 2. The molecule has 0 saturated carbocycles. The van der Waals surface area contributed by atoms with Crippen molar-refractivity contribution >= 4 is 5.69 Å². The highest BCUT2D eigenvalue weighted by Gasteiger charge is 2.14. The maximum atomic E-state index is 9.34. The van der Waals surface area contributed by atoms with Gasteiger partial charge in [-0.25, -0.2) is 0 Å². The van der Waals surface area contributed by atoms with E-state index in [2.05, 4.69) is 43.0 Å². The number of para-hydroxylation sites is 1. The molecule has 0 aromatic heterocycles. The number of nitrogens with zero attached hydrogens (tertiary/aromatic N) is 1. The zero-order chi connectivity index (χ0) is 13.0. The SMILES string of the molecule is CCN(c1ccccc1)C(C)c1ccc(O)cc1. The Morgan fingerprint density at radius 1 is 1.00 bits per heavy atom. The number of phenolic OH excluding ortho intramolecular Hbond substituents is 1. The summed E-state index contributed by atoms with van der Waals surface area (Å²) < 4.78 is 0. The van der Waals surface area contributed by atoms with E-state index < -0.39 is 0 Å². The predicted octanol–water partition coefficient (Wildman–Crippen LogP) is 3.98. The molecule has 0 heterocycles. The largest absolute Gasteiger partial charge is 0.508 e. The van der Waals surface area contributed by atoms with Gasteiger partial charge in [-0.15, -0.1) is 0 Å². The van der Waals surface area contributed by atoms with Crippen LogP contribution in [0.5, 0.6) is 5.75 Å². The molecule has 0 spiro atoms. The van der Waals surface area contributed by atoms with Crippen LogP contribution >= 0.6 is 0 Å². The van der Waals surface area contributed by atoms with Crippen LogP contribution in [0.3, 0.4) is 0 Å². The van der Waals surface area contributed by atoms with E-state index in [9.17, 15) is 5.11 Å². The summed E-state index contributed by atoms with van der Waals surface area (Å²) in [5.74, 6) is 0.314. The number of anilines is 1. The molecule has 2 heteroatoms. The van der Waals surface area contributed by atoms with Crippen LogP contribution in [0, 0.1) is 0 Å². The van der Waals surface area contributed by atoms with Crippen molar-refractivity contribution in [2.45, 2.75) is 19.9 Å².